The smallest absolute Gasteiger partial charge is 0.263 e. The van der Waals surface area contributed by atoms with Crippen LogP contribution in [-0.2, 0) is 0 Å². The SMILES string of the molecule is O=C(c1cc2ccccc2s1)N1CCC2(CC1)CC2(F)F. The van der Waals surface area contributed by atoms with Crippen LogP contribution in [-0.4, -0.2) is 29.8 Å². The minimum Gasteiger partial charge on any atom is -0.338 e. The lowest BCUT2D eigenvalue weighted by molar-refractivity contribution is 0.0286. The van der Waals surface area contributed by atoms with Gasteiger partial charge in [-0.1, -0.05) is 18.2 Å². The van der Waals surface area contributed by atoms with Crippen molar-refractivity contribution in [1.29, 1.82) is 0 Å². The fourth-order valence-electron chi connectivity index (χ4n) is 3.30. The Morgan fingerprint density at radius 2 is 1.86 bits per heavy atom. The van der Waals surface area contributed by atoms with Crippen LogP contribution >= 0.6 is 11.3 Å². The first kappa shape index (κ1) is 13.2. The lowest BCUT2D eigenvalue weighted by Crippen LogP contribution is -2.40. The fourth-order valence-corrected chi connectivity index (χ4v) is 4.33. The second-order valence-electron chi connectivity index (χ2n) is 6.10. The zero-order chi connectivity index (χ0) is 14.7. The van der Waals surface area contributed by atoms with Gasteiger partial charge in [-0.05, 0) is 30.4 Å². The number of carbonyl (C=O) groups is 1. The molecule has 0 unspecified atom stereocenters. The van der Waals surface area contributed by atoms with Gasteiger partial charge in [0.05, 0.1) is 4.88 Å². The molecule has 1 aromatic heterocycles. The highest BCUT2D eigenvalue weighted by atomic mass is 32.1. The molecule has 1 saturated heterocycles. The number of halogens is 2. The zero-order valence-electron chi connectivity index (χ0n) is 11.4. The van der Waals surface area contributed by atoms with E-state index in [-0.39, 0.29) is 12.3 Å². The third kappa shape index (κ3) is 1.98. The van der Waals surface area contributed by atoms with Gasteiger partial charge < -0.3 is 4.90 Å². The van der Waals surface area contributed by atoms with Crippen molar-refractivity contribution in [3.05, 3.63) is 35.2 Å². The van der Waals surface area contributed by atoms with Crippen molar-refractivity contribution in [3.63, 3.8) is 0 Å². The summed E-state index contributed by atoms with van der Waals surface area (Å²) in [4.78, 5) is 14.9. The van der Waals surface area contributed by atoms with E-state index in [0.29, 0.717) is 30.8 Å². The van der Waals surface area contributed by atoms with Crippen molar-refractivity contribution in [1.82, 2.24) is 4.90 Å². The molecule has 1 spiro atoms. The molecular weight excluding hydrogens is 292 g/mol. The Morgan fingerprint density at radius 1 is 1.19 bits per heavy atom. The van der Waals surface area contributed by atoms with E-state index in [1.807, 2.05) is 30.3 Å². The topological polar surface area (TPSA) is 20.3 Å². The second kappa shape index (κ2) is 4.26. The fraction of sp³-hybridized carbons (Fsp3) is 0.438. The Labute approximate surface area is 125 Å². The van der Waals surface area contributed by atoms with Gasteiger partial charge in [0, 0.05) is 29.6 Å². The molecule has 0 radical (unpaired) electrons. The van der Waals surface area contributed by atoms with Gasteiger partial charge in [0.25, 0.3) is 11.8 Å². The quantitative estimate of drug-likeness (QED) is 0.774. The van der Waals surface area contributed by atoms with Crippen molar-refractivity contribution in [2.75, 3.05) is 13.1 Å². The van der Waals surface area contributed by atoms with Crippen LogP contribution in [0.3, 0.4) is 0 Å². The van der Waals surface area contributed by atoms with Crippen molar-refractivity contribution >= 4 is 27.3 Å². The highest BCUT2D eigenvalue weighted by Gasteiger charge is 2.70. The number of likely N-dealkylation sites (tertiary alicyclic amines) is 1. The molecule has 0 N–H and O–H groups in total. The maximum Gasteiger partial charge on any atom is 0.263 e. The molecule has 2 heterocycles. The highest BCUT2D eigenvalue weighted by molar-refractivity contribution is 7.20. The first-order valence-corrected chi connectivity index (χ1v) is 7.98. The van der Waals surface area contributed by atoms with E-state index in [0.717, 1.165) is 10.1 Å². The molecule has 2 fully saturated rings. The van der Waals surface area contributed by atoms with Crippen molar-refractivity contribution < 1.29 is 13.6 Å². The summed E-state index contributed by atoms with van der Waals surface area (Å²) >= 11 is 1.47. The van der Waals surface area contributed by atoms with Crippen LogP contribution < -0.4 is 0 Å². The molecule has 2 aromatic rings. The number of hydrogen-bond donors (Lipinski definition) is 0. The van der Waals surface area contributed by atoms with Gasteiger partial charge in [-0.15, -0.1) is 11.3 Å². The first-order chi connectivity index (χ1) is 10.0. The van der Waals surface area contributed by atoms with Crippen LogP contribution in [0.15, 0.2) is 30.3 Å². The van der Waals surface area contributed by atoms with E-state index in [1.54, 1.807) is 4.90 Å². The van der Waals surface area contributed by atoms with Crippen molar-refractivity contribution in [2.45, 2.75) is 25.2 Å². The molecule has 1 amide bonds. The average molecular weight is 307 g/mol. The number of benzene rings is 1. The first-order valence-electron chi connectivity index (χ1n) is 7.17. The van der Waals surface area contributed by atoms with Gasteiger partial charge in [0.15, 0.2) is 0 Å². The summed E-state index contributed by atoms with van der Waals surface area (Å²) in [5.74, 6) is -2.52. The zero-order valence-corrected chi connectivity index (χ0v) is 12.3. The van der Waals surface area contributed by atoms with Gasteiger partial charge in [-0.3, -0.25) is 4.79 Å². The van der Waals surface area contributed by atoms with Crippen LogP contribution in [0.2, 0.25) is 0 Å². The van der Waals surface area contributed by atoms with E-state index in [4.69, 9.17) is 0 Å². The summed E-state index contributed by atoms with van der Waals surface area (Å²) in [6.45, 7) is 0.894. The molecule has 1 saturated carbocycles. The Balaban J connectivity index is 1.51. The highest BCUT2D eigenvalue weighted by Crippen LogP contribution is 2.65. The summed E-state index contributed by atoms with van der Waals surface area (Å²) in [6.07, 6.45) is 0.859. The van der Waals surface area contributed by atoms with Gasteiger partial charge in [-0.2, -0.15) is 0 Å². The molecule has 2 aliphatic rings. The van der Waals surface area contributed by atoms with Gasteiger partial charge >= 0.3 is 0 Å². The van der Waals surface area contributed by atoms with E-state index in [9.17, 15) is 13.6 Å². The molecule has 4 rings (SSSR count). The minimum absolute atomic E-state index is 0.00488. The predicted molar refractivity (Wildman–Crippen MR) is 79.0 cm³/mol. The van der Waals surface area contributed by atoms with Crippen LogP contribution in [0.4, 0.5) is 8.78 Å². The third-order valence-electron chi connectivity index (χ3n) is 4.86. The molecule has 0 atom stereocenters. The molecule has 110 valence electrons. The molecular formula is C16H15F2NOS. The molecule has 1 aliphatic carbocycles. The number of fused-ring (bicyclic) bond motifs is 1. The van der Waals surface area contributed by atoms with E-state index in [2.05, 4.69) is 0 Å². The summed E-state index contributed by atoms with van der Waals surface area (Å²) in [5, 5.41) is 1.06. The second-order valence-corrected chi connectivity index (χ2v) is 7.19. The maximum atomic E-state index is 13.4. The van der Waals surface area contributed by atoms with Crippen molar-refractivity contribution in [2.24, 2.45) is 5.41 Å². The molecule has 0 bridgehead atoms. The van der Waals surface area contributed by atoms with Crippen LogP contribution in [0.5, 0.6) is 0 Å². The average Bonchev–Trinajstić information content (AvgIpc) is 2.86. The maximum absolute atomic E-state index is 13.4. The van der Waals surface area contributed by atoms with Gasteiger partial charge in [0.1, 0.15) is 0 Å². The standard InChI is InChI=1S/C16H15F2NOS/c17-16(18)10-15(16)5-7-19(8-6-15)14(20)13-9-11-3-1-2-4-12(11)21-13/h1-4,9H,5-8,10H2. The predicted octanol–water partition coefficient (Wildman–Crippen LogP) is 4.16. The Kier molecular flexibility index (Phi) is 2.67. The number of alkyl halides is 2. The normalized spacial score (nSPS) is 22.7. The number of nitrogens with zero attached hydrogens (tertiary/aromatic N) is 1. The Morgan fingerprint density at radius 3 is 2.48 bits per heavy atom. The summed E-state index contributed by atoms with van der Waals surface area (Å²) in [6, 6.07) is 9.78. The van der Waals surface area contributed by atoms with E-state index < -0.39 is 11.3 Å². The number of amides is 1. The van der Waals surface area contributed by atoms with Crippen LogP contribution in [0.25, 0.3) is 10.1 Å². The largest absolute Gasteiger partial charge is 0.338 e. The molecule has 1 aromatic carbocycles. The molecule has 1 aliphatic heterocycles. The molecule has 5 heteroatoms. The Hall–Kier alpha value is -1.49. The monoisotopic (exact) mass is 307 g/mol. The van der Waals surface area contributed by atoms with Crippen LogP contribution in [0, 0.1) is 5.41 Å². The number of rotatable bonds is 1. The minimum atomic E-state index is -2.50. The van der Waals surface area contributed by atoms with E-state index in [1.165, 1.54) is 11.3 Å². The summed E-state index contributed by atoms with van der Waals surface area (Å²) in [7, 11) is 0. The Bertz CT molecular complexity index is 683. The summed E-state index contributed by atoms with van der Waals surface area (Å²) in [5.41, 5.74) is -0.802. The molecule has 2 nitrogen and oxygen atoms in total. The number of piperidine rings is 1. The lowest BCUT2D eigenvalue weighted by atomic mass is 9.93. The third-order valence-corrected chi connectivity index (χ3v) is 5.96. The number of carbonyl (C=O) groups excluding carboxylic acids is 1. The number of hydrogen-bond acceptors (Lipinski definition) is 2. The van der Waals surface area contributed by atoms with Gasteiger partial charge in [0.2, 0.25) is 0 Å². The lowest BCUT2D eigenvalue weighted by Gasteiger charge is -2.32. The van der Waals surface area contributed by atoms with Crippen molar-refractivity contribution in [3.8, 4) is 0 Å². The number of thiophene rings is 1. The van der Waals surface area contributed by atoms with Gasteiger partial charge in [-0.25, -0.2) is 8.78 Å². The van der Waals surface area contributed by atoms with E-state index >= 15 is 0 Å². The molecule has 21 heavy (non-hydrogen) atoms. The van der Waals surface area contributed by atoms with Crippen LogP contribution in [0.1, 0.15) is 28.9 Å². The summed E-state index contributed by atoms with van der Waals surface area (Å²) < 4.78 is 27.8.